The molecule has 0 aliphatic heterocycles. The minimum absolute atomic E-state index is 0.216. The van der Waals surface area contributed by atoms with Crippen LogP contribution < -0.4 is 11.3 Å². The normalized spacial score (nSPS) is 12.9. The zero-order chi connectivity index (χ0) is 8.97. The molecule has 1 unspecified atom stereocenters. The van der Waals surface area contributed by atoms with Gasteiger partial charge in [0.05, 0.1) is 0 Å². The molecule has 1 atom stereocenters. The predicted molar refractivity (Wildman–Crippen MR) is 54.0 cm³/mol. The summed E-state index contributed by atoms with van der Waals surface area (Å²) in [5.41, 5.74) is 4.00. The number of hydrazine groups is 1. The molecule has 0 aliphatic rings. The Labute approximate surface area is 77.5 Å². The van der Waals surface area contributed by atoms with E-state index in [1.165, 1.54) is 10.5 Å². The molecule has 0 heterocycles. The summed E-state index contributed by atoms with van der Waals surface area (Å²) in [5, 5.41) is 0. The first kappa shape index (κ1) is 9.58. The molecule has 66 valence electrons. The van der Waals surface area contributed by atoms with Gasteiger partial charge in [0.25, 0.3) is 0 Å². The van der Waals surface area contributed by atoms with Crippen molar-refractivity contribution in [2.45, 2.75) is 17.9 Å². The third-order valence-corrected chi connectivity index (χ3v) is 2.67. The summed E-state index contributed by atoms with van der Waals surface area (Å²) in [7, 11) is 0. The minimum atomic E-state index is 0.216. The fourth-order valence-corrected chi connectivity index (χ4v) is 1.81. The van der Waals surface area contributed by atoms with Crippen LogP contribution in [0.3, 0.4) is 0 Å². The van der Waals surface area contributed by atoms with E-state index in [0.717, 1.165) is 0 Å². The number of rotatable bonds is 3. The van der Waals surface area contributed by atoms with Gasteiger partial charge < -0.3 is 0 Å². The highest BCUT2D eigenvalue weighted by molar-refractivity contribution is 7.98. The van der Waals surface area contributed by atoms with Crippen molar-refractivity contribution in [3.05, 3.63) is 29.8 Å². The van der Waals surface area contributed by atoms with E-state index in [1.807, 2.05) is 12.1 Å². The molecule has 2 nitrogen and oxygen atoms in total. The van der Waals surface area contributed by atoms with Crippen molar-refractivity contribution in [2.75, 3.05) is 6.26 Å². The standard InChI is InChI=1S/C9H14N2S/c1-7(11-10)8-5-3-4-6-9(8)12-2/h3-7,11H,10H2,1-2H3. The second-order valence-electron chi connectivity index (χ2n) is 2.63. The van der Waals surface area contributed by atoms with Crippen molar-refractivity contribution in [3.8, 4) is 0 Å². The number of nitrogens with two attached hydrogens (primary N) is 1. The highest BCUT2D eigenvalue weighted by Crippen LogP contribution is 2.24. The molecule has 0 aromatic heterocycles. The summed E-state index contributed by atoms with van der Waals surface area (Å²) in [5.74, 6) is 5.37. The summed E-state index contributed by atoms with van der Waals surface area (Å²) >= 11 is 1.74. The zero-order valence-electron chi connectivity index (χ0n) is 7.37. The minimum Gasteiger partial charge on any atom is -0.271 e. The van der Waals surface area contributed by atoms with E-state index in [4.69, 9.17) is 5.84 Å². The van der Waals surface area contributed by atoms with Crippen molar-refractivity contribution in [2.24, 2.45) is 5.84 Å². The van der Waals surface area contributed by atoms with Crippen molar-refractivity contribution >= 4 is 11.8 Å². The van der Waals surface area contributed by atoms with Gasteiger partial charge in [-0.05, 0) is 24.8 Å². The lowest BCUT2D eigenvalue weighted by molar-refractivity contribution is 0.594. The fourth-order valence-electron chi connectivity index (χ4n) is 1.11. The first-order valence-electron chi connectivity index (χ1n) is 3.88. The highest BCUT2D eigenvalue weighted by Gasteiger charge is 2.06. The van der Waals surface area contributed by atoms with E-state index >= 15 is 0 Å². The van der Waals surface area contributed by atoms with E-state index < -0.39 is 0 Å². The van der Waals surface area contributed by atoms with Crippen LogP contribution in [0.15, 0.2) is 29.2 Å². The maximum Gasteiger partial charge on any atom is 0.0442 e. The van der Waals surface area contributed by atoms with E-state index in [9.17, 15) is 0 Å². The summed E-state index contributed by atoms with van der Waals surface area (Å²) < 4.78 is 0. The quantitative estimate of drug-likeness (QED) is 0.426. The molecule has 0 saturated heterocycles. The van der Waals surface area contributed by atoms with Crippen LogP contribution in [-0.4, -0.2) is 6.26 Å². The average molecular weight is 182 g/mol. The molecule has 0 radical (unpaired) electrons. The van der Waals surface area contributed by atoms with Gasteiger partial charge >= 0.3 is 0 Å². The van der Waals surface area contributed by atoms with Gasteiger partial charge in [-0.3, -0.25) is 11.3 Å². The molecule has 1 aromatic carbocycles. The van der Waals surface area contributed by atoms with Gasteiger partial charge in [-0.2, -0.15) is 0 Å². The molecule has 0 spiro atoms. The molecule has 0 saturated carbocycles. The van der Waals surface area contributed by atoms with Crippen molar-refractivity contribution in [3.63, 3.8) is 0 Å². The molecule has 12 heavy (non-hydrogen) atoms. The molecule has 1 aromatic rings. The van der Waals surface area contributed by atoms with Gasteiger partial charge in [0.15, 0.2) is 0 Å². The molecule has 1 rings (SSSR count). The second kappa shape index (κ2) is 4.50. The Kier molecular flexibility index (Phi) is 3.59. The Morgan fingerprint density at radius 3 is 2.67 bits per heavy atom. The Morgan fingerprint density at radius 1 is 1.42 bits per heavy atom. The maximum absolute atomic E-state index is 5.37. The van der Waals surface area contributed by atoms with Crippen LogP contribution in [0.2, 0.25) is 0 Å². The van der Waals surface area contributed by atoms with Crippen molar-refractivity contribution < 1.29 is 0 Å². The third-order valence-electron chi connectivity index (χ3n) is 1.86. The molecule has 0 bridgehead atoms. The fraction of sp³-hybridized carbons (Fsp3) is 0.333. The Hall–Kier alpha value is -0.510. The number of hydrogen-bond acceptors (Lipinski definition) is 3. The van der Waals surface area contributed by atoms with Crippen LogP contribution in [0.4, 0.5) is 0 Å². The van der Waals surface area contributed by atoms with Gasteiger partial charge in [0.1, 0.15) is 0 Å². The number of thioether (sulfide) groups is 1. The van der Waals surface area contributed by atoms with Gasteiger partial charge in [-0.15, -0.1) is 11.8 Å². The van der Waals surface area contributed by atoms with E-state index in [-0.39, 0.29) is 6.04 Å². The van der Waals surface area contributed by atoms with Crippen LogP contribution in [0, 0.1) is 0 Å². The van der Waals surface area contributed by atoms with E-state index in [1.54, 1.807) is 11.8 Å². The Bertz CT molecular complexity index is 250. The van der Waals surface area contributed by atoms with Gasteiger partial charge in [-0.1, -0.05) is 18.2 Å². The van der Waals surface area contributed by atoms with Crippen LogP contribution in [0.1, 0.15) is 18.5 Å². The summed E-state index contributed by atoms with van der Waals surface area (Å²) in [4.78, 5) is 1.28. The topological polar surface area (TPSA) is 38.0 Å². The molecule has 3 heteroatoms. The molecule has 0 amide bonds. The largest absolute Gasteiger partial charge is 0.271 e. The summed E-state index contributed by atoms with van der Waals surface area (Å²) in [6.45, 7) is 2.05. The molecular weight excluding hydrogens is 168 g/mol. The third kappa shape index (κ3) is 2.00. The second-order valence-corrected chi connectivity index (χ2v) is 3.48. The number of hydrogen-bond donors (Lipinski definition) is 2. The van der Waals surface area contributed by atoms with Gasteiger partial charge in [0, 0.05) is 10.9 Å². The molecular formula is C9H14N2S. The lowest BCUT2D eigenvalue weighted by Gasteiger charge is -2.13. The van der Waals surface area contributed by atoms with Crippen LogP contribution in [0.5, 0.6) is 0 Å². The monoisotopic (exact) mass is 182 g/mol. The van der Waals surface area contributed by atoms with Crippen LogP contribution in [0.25, 0.3) is 0 Å². The summed E-state index contributed by atoms with van der Waals surface area (Å²) in [6, 6.07) is 8.49. The molecule has 0 fully saturated rings. The lowest BCUT2D eigenvalue weighted by atomic mass is 10.1. The van der Waals surface area contributed by atoms with Crippen LogP contribution in [-0.2, 0) is 0 Å². The van der Waals surface area contributed by atoms with Gasteiger partial charge in [0.2, 0.25) is 0 Å². The van der Waals surface area contributed by atoms with Gasteiger partial charge in [-0.25, -0.2) is 0 Å². The number of benzene rings is 1. The summed E-state index contributed by atoms with van der Waals surface area (Å²) in [6.07, 6.45) is 2.07. The predicted octanol–water partition coefficient (Wildman–Crippen LogP) is 1.93. The molecule has 0 aliphatic carbocycles. The van der Waals surface area contributed by atoms with Crippen molar-refractivity contribution in [1.29, 1.82) is 0 Å². The first-order valence-corrected chi connectivity index (χ1v) is 5.11. The smallest absolute Gasteiger partial charge is 0.0442 e. The maximum atomic E-state index is 5.37. The SMILES string of the molecule is CSc1ccccc1C(C)NN. The van der Waals surface area contributed by atoms with E-state index in [0.29, 0.717) is 0 Å². The Balaban J connectivity index is 2.96. The Morgan fingerprint density at radius 2 is 2.08 bits per heavy atom. The number of nitrogens with one attached hydrogen (secondary N) is 1. The van der Waals surface area contributed by atoms with E-state index in [2.05, 4.69) is 30.7 Å². The van der Waals surface area contributed by atoms with Crippen molar-refractivity contribution in [1.82, 2.24) is 5.43 Å². The highest BCUT2D eigenvalue weighted by atomic mass is 32.2. The lowest BCUT2D eigenvalue weighted by Crippen LogP contribution is -2.25. The first-order chi connectivity index (χ1) is 5.79. The molecule has 3 N–H and O–H groups in total. The average Bonchev–Trinajstić information content (AvgIpc) is 2.16. The zero-order valence-corrected chi connectivity index (χ0v) is 8.19. The van der Waals surface area contributed by atoms with Crippen LogP contribution >= 0.6 is 11.8 Å².